The lowest BCUT2D eigenvalue weighted by atomic mass is 10.2. The lowest BCUT2D eigenvalue weighted by Gasteiger charge is -2.13. The minimum Gasteiger partial charge on any atom is -0.298 e. The molecule has 9 heteroatoms. The Bertz CT molecular complexity index is 1030. The number of fused-ring (bicyclic) bond motifs is 1. The third-order valence-electron chi connectivity index (χ3n) is 3.47. The topological polar surface area (TPSA) is 79.4 Å². The maximum Gasteiger partial charge on any atom is 0.257 e. The lowest BCUT2D eigenvalue weighted by Crippen LogP contribution is -2.24. The van der Waals surface area contributed by atoms with Gasteiger partial charge in [0.15, 0.2) is 5.13 Å². The highest BCUT2D eigenvalue weighted by Crippen LogP contribution is 2.26. The number of hydrogen-bond donors (Lipinski definition) is 1. The SMILES string of the molecule is CN(C)S(=O)(=O)c1cc(C(=O)Nc2nc3ccccc3s2)ccc1F. The van der Waals surface area contributed by atoms with E-state index in [1.54, 1.807) is 0 Å². The number of anilines is 1. The molecule has 1 amide bonds. The number of carbonyl (C=O) groups excluding carboxylic acids is 1. The molecule has 0 aliphatic heterocycles. The van der Waals surface area contributed by atoms with Crippen molar-refractivity contribution in [1.29, 1.82) is 0 Å². The molecule has 6 nitrogen and oxygen atoms in total. The normalized spacial score (nSPS) is 11.8. The molecule has 2 aromatic carbocycles. The van der Waals surface area contributed by atoms with Gasteiger partial charge in [0.05, 0.1) is 10.2 Å². The maximum absolute atomic E-state index is 13.9. The number of hydrogen-bond acceptors (Lipinski definition) is 5. The van der Waals surface area contributed by atoms with Gasteiger partial charge in [-0.2, -0.15) is 0 Å². The van der Waals surface area contributed by atoms with Gasteiger partial charge >= 0.3 is 0 Å². The molecule has 0 saturated carbocycles. The second kappa shape index (κ2) is 6.51. The summed E-state index contributed by atoms with van der Waals surface area (Å²) in [5.74, 6) is -1.47. The summed E-state index contributed by atoms with van der Waals surface area (Å²) in [6, 6.07) is 10.6. The number of nitrogens with zero attached hydrogens (tertiary/aromatic N) is 2. The number of nitrogens with one attached hydrogen (secondary N) is 1. The molecule has 0 bridgehead atoms. The van der Waals surface area contributed by atoms with Crippen LogP contribution in [0.15, 0.2) is 47.4 Å². The molecular formula is C16H14FN3O3S2. The van der Waals surface area contributed by atoms with Gasteiger partial charge in [-0.25, -0.2) is 22.1 Å². The van der Waals surface area contributed by atoms with E-state index >= 15 is 0 Å². The van der Waals surface area contributed by atoms with Gasteiger partial charge in [0, 0.05) is 19.7 Å². The fraction of sp³-hybridized carbons (Fsp3) is 0.125. The molecule has 1 heterocycles. The van der Waals surface area contributed by atoms with Gasteiger partial charge in [-0.05, 0) is 30.3 Å². The van der Waals surface area contributed by atoms with Crippen LogP contribution >= 0.6 is 11.3 Å². The molecule has 0 spiro atoms. The molecule has 0 unspecified atom stereocenters. The minimum absolute atomic E-state index is 0.0288. The number of amides is 1. The summed E-state index contributed by atoms with van der Waals surface area (Å²) in [5.41, 5.74) is 0.777. The first-order valence-corrected chi connectivity index (χ1v) is 9.43. The average molecular weight is 379 g/mol. The summed E-state index contributed by atoms with van der Waals surface area (Å²) in [4.78, 5) is 16.1. The summed E-state index contributed by atoms with van der Waals surface area (Å²) in [6.45, 7) is 0. The Labute approximate surface area is 148 Å². The first-order valence-electron chi connectivity index (χ1n) is 7.18. The van der Waals surface area contributed by atoms with E-state index in [2.05, 4.69) is 10.3 Å². The zero-order chi connectivity index (χ0) is 18.2. The van der Waals surface area contributed by atoms with Crippen molar-refractivity contribution in [3.8, 4) is 0 Å². The van der Waals surface area contributed by atoms with Crippen LogP contribution in [0.2, 0.25) is 0 Å². The van der Waals surface area contributed by atoms with Crippen LogP contribution < -0.4 is 5.32 Å². The largest absolute Gasteiger partial charge is 0.298 e. The van der Waals surface area contributed by atoms with Gasteiger partial charge in [-0.3, -0.25) is 10.1 Å². The van der Waals surface area contributed by atoms with E-state index in [0.717, 1.165) is 26.7 Å². The highest BCUT2D eigenvalue weighted by Gasteiger charge is 2.23. The molecule has 0 saturated heterocycles. The summed E-state index contributed by atoms with van der Waals surface area (Å²) in [6.07, 6.45) is 0. The Morgan fingerprint density at radius 3 is 2.60 bits per heavy atom. The molecule has 0 fully saturated rings. The molecule has 3 rings (SSSR count). The molecule has 0 aliphatic rings. The average Bonchev–Trinajstić information content (AvgIpc) is 2.96. The van der Waals surface area contributed by atoms with Crippen molar-refractivity contribution in [2.75, 3.05) is 19.4 Å². The molecule has 0 atom stereocenters. The van der Waals surface area contributed by atoms with Gasteiger partial charge in [0.1, 0.15) is 10.7 Å². The van der Waals surface area contributed by atoms with Crippen LogP contribution in [0.3, 0.4) is 0 Å². The third kappa shape index (κ3) is 3.39. The van der Waals surface area contributed by atoms with Crippen molar-refractivity contribution in [2.45, 2.75) is 4.90 Å². The summed E-state index contributed by atoms with van der Waals surface area (Å²) >= 11 is 1.29. The standard InChI is InChI=1S/C16H14FN3O3S2/c1-20(2)25(22,23)14-9-10(7-8-11(14)17)15(21)19-16-18-12-5-3-4-6-13(12)24-16/h3-9H,1-2H3,(H,18,19,21). The zero-order valence-corrected chi connectivity index (χ0v) is 15.0. The quantitative estimate of drug-likeness (QED) is 0.756. The number of thiazole rings is 1. The Morgan fingerprint density at radius 1 is 1.20 bits per heavy atom. The van der Waals surface area contributed by atoms with Crippen molar-refractivity contribution >= 4 is 42.6 Å². The van der Waals surface area contributed by atoms with Crippen LogP contribution in [0.25, 0.3) is 10.2 Å². The molecule has 1 aromatic heterocycles. The third-order valence-corrected chi connectivity index (χ3v) is 6.25. The first-order chi connectivity index (χ1) is 11.8. The van der Waals surface area contributed by atoms with Gasteiger partial charge in [-0.15, -0.1) is 0 Å². The van der Waals surface area contributed by atoms with Gasteiger partial charge in [-0.1, -0.05) is 23.5 Å². The van der Waals surface area contributed by atoms with E-state index in [9.17, 15) is 17.6 Å². The van der Waals surface area contributed by atoms with Crippen molar-refractivity contribution < 1.29 is 17.6 Å². The Balaban J connectivity index is 1.92. The van der Waals surface area contributed by atoms with E-state index in [0.29, 0.717) is 5.13 Å². The van der Waals surface area contributed by atoms with Crippen LogP contribution in [0.1, 0.15) is 10.4 Å². The minimum atomic E-state index is -3.99. The Kier molecular flexibility index (Phi) is 4.55. The number of rotatable bonds is 4. The number of sulfonamides is 1. The predicted octanol–water partition coefficient (Wildman–Crippen LogP) is 2.94. The van der Waals surface area contributed by atoms with E-state index in [4.69, 9.17) is 0 Å². The second-order valence-electron chi connectivity index (χ2n) is 5.37. The van der Waals surface area contributed by atoms with Gasteiger partial charge < -0.3 is 0 Å². The molecule has 25 heavy (non-hydrogen) atoms. The van der Waals surface area contributed by atoms with Gasteiger partial charge in [0.2, 0.25) is 10.0 Å². The summed E-state index contributed by atoms with van der Waals surface area (Å²) < 4.78 is 40.0. The molecule has 130 valence electrons. The highest BCUT2D eigenvalue weighted by molar-refractivity contribution is 7.89. The van der Waals surface area contributed by atoms with Gasteiger partial charge in [0.25, 0.3) is 5.91 Å². The number of benzene rings is 2. The fourth-order valence-electron chi connectivity index (χ4n) is 2.13. The summed E-state index contributed by atoms with van der Waals surface area (Å²) in [5, 5.41) is 2.99. The first kappa shape index (κ1) is 17.5. The lowest BCUT2D eigenvalue weighted by molar-refractivity contribution is 0.102. The number of halogens is 1. The van der Waals surface area contributed by atoms with E-state index in [-0.39, 0.29) is 5.56 Å². The van der Waals surface area contributed by atoms with Crippen molar-refractivity contribution in [3.05, 3.63) is 53.8 Å². The predicted molar refractivity (Wildman–Crippen MR) is 94.8 cm³/mol. The van der Waals surface area contributed by atoms with E-state index < -0.39 is 26.6 Å². The monoisotopic (exact) mass is 379 g/mol. The summed E-state index contributed by atoms with van der Waals surface area (Å²) in [7, 11) is -1.40. The molecule has 0 radical (unpaired) electrons. The van der Waals surface area contributed by atoms with Crippen molar-refractivity contribution in [3.63, 3.8) is 0 Å². The van der Waals surface area contributed by atoms with Crippen LogP contribution in [0.4, 0.5) is 9.52 Å². The number of aromatic nitrogens is 1. The molecule has 3 aromatic rings. The number of carbonyl (C=O) groups is 1. The zero-order valence-electron chi connectivity index (χ0n) is 13.4. The Morgan fingerprint density at radius 2 is 1.92 bits per heavy atom. The Hall–Kier alpha value is -2.36. The molecule has 0 aliphatic carbocycles. The fourth-order valence-corrected chi connectivity index (χ4v) is 3.98. The van der Waals surface area contributed by atoms with Crippen LogP contribution in [-0.4, -0.2) is 37.7 Å². The smallest absolute Gasteiger partial charge is 0.257 e. The van der Waals surface area contributed by atoms with Crippen molar-refractivity contribution in [2.24, 2.45) is 0 Å². The highest BCUT2D eigenvalue weighted by atomic mass is 32.2. The van der Waals surface area contributed by atoms with Crippen LogP contribution in [0.5, 0.6) is 0 Å². The molecule has 1 N–H and O–H groups in total. The molecular weight excluding hydrogens is 365 g/mol. The van der Waals surface area contributed by atoms with Crippen LogP contribution in [-0.2, 0) is 10.0 Å². The second-order valence-corrected chi connectivity index (χ2v) is 8.52. The van der Waals surface area contributed by atoms with Crippen molar-refractivity contribution in [1.82, 2.24) is 9.29 Å². The van der Waals surface area contributed by atoms with E-state index in [1.165, 1.54) is 31.5 Å². The number of para-hydroxylation sites is 1. The maximum atomic E-state index is 13.9. The van der Waals surface area contributed by atoms with E-state index in [1.807, 2.05) is 24.3 Å². The van der Waals surface area contributed by atoms with Crippen LogP contribution in [0, 0.1) is 5.82 Å².